The van der Waals surface area contributed by atoms with Gasteiger partial charge >= 0.3 is 0 Å². The molecule has 2 heterocycles. The average molecular weight is 198 g/mol. The highest BCUT2D eigenvalue weighted by Gasteiger charge is 2.33. The molecule has 2 saturated heterocycles. The van der Waals surface area contributed by atoms with Crippen LogP contribution in [0.15, 0.2) is 0 Å². The Morgan fingerprint density at radius 3 is 2.93 bits per heavy atom. The molecule has 3 atom stereocenters. The molecule has 14 heavy (non-hydrogen) atoms. The summed E-state index contributed by atoms with van der Waals surface area (Å²) < 4.78 is 5.22. The van der Waals surface area contributed by atoms with Crippen LogP contribution in [0.25, 0.3) is 0 Å². The van der Waals surface area contributed by atoms with Gasteiger partial charge in [-0.25, -0.2) is 0 Å². The van der Waals surface area contributed by atoms with Crippen molar-refractivity contribution in [1.82, 2.24) is 10.2 Å². The summed E-state index contributed by atoms with van der Waals surface area (Å²) in [5, 5.41) is 3.47. The molecule has 2 fully saturated rings. The van der Waals surface area contributed by atoms with Crippen molar-refractivity contribution in [2.75, 3.05) is 39.9 Å². The smallest absolute Gasteiger partial charge is 0.0503 e. The standard InChI is InChI=1S/C11H22N2O/c1-9-5-12-6-11(9)13-4-3-10(7-13)8-14-2/h9-12H,3-8H2,1-2H3. The van der Waals surface area contributed by atoms with E-state index in [0.717, 1.165) is 24.5 Å². The fourth-order valence-electron chi connectivity index (χ4n) is 2.82. The SMILES string of the molecule is COCC1CCN(C2CNCC2C)C1. The van der Waals surface area contributed by atoms with Crippen molar-refractivity contribution in [2.24, 2.45) is 11.8 Å². The van der Waals surface area contributed by atoms with E-state index in [9.17, 15) is 0 Å². The van der Waals surface area contributed by atoms with Crippen molar-refractivity contribution in [1.29, 1.82) is 0 Å². The molecule has 0 bridgehead atoms. The van der Waals surface area contributed by atoms with Gasteiger partial charge in [0.2, 0.25) is 0 Å². The molecule has 0 aliphatic carbocycles. The van der Waals surface area contributed by atoms with Crippen molar-refractivity contribution in [3.63, 3.8) is 0 Å². The molecule has 82 valence electrons. The second-order valence-electron chi connectivity index (χ2n) is 4.81. The third-order valence-corrected chi connectivity index (χ3v) is 3.67. The van der Waals surface area contributed by atoms with Crippen LogP contribution in [-0.2, 0) is 4.74 Å². The van der Waals surface area contributed by atoms with Crippen LogP contribution < -0.4 is 5.32 Å². The maximum atomic E-state index is 5.22. The Bertz CT molecular complexity index is 186. The average Bonchev–Trinajstić information content (AvgIpc) is 2.74. The molecule has 3 unspecified atom stereocenters. The first kappa shape index (κ1) is 10.4. The van der Waals surface area contributed by atoms with Crippen LogP contribution in [-0.4, -0.2) is 50.8 Å². The lowest BCUT2D eigenvalue weighted by Crippen LogP contribution is -2.38. The highest BCUT2D eigenvalue weighted by Crippen LogP contribution is 2.23. The monoisotopic (exact) mass is 198 g/mol. The molecule has 0 spiro atoms. The number of ether oxygens (including phenoxy) is 1. The summed E-state index contributed by atoms with van der Waals surface area (Å²) in [4.78, 5) is 2.65. The highest BCUT2D eigenvalue weighted by atomic mass is 16.5. The van der Waals surface area contributed by atoms with Crippen molar-refractivity contribution in [2.45, 2.75) is 19.4 Å². The number of nitrogens with zero attached hydrogens (tertiary/aromatic N) is 1. The van der Waals surface area contributed by atoms with Crippen LogP contribution in [0.2, 0.25) is 0 Å². The molecule has 0 aromatic rings. The number of hydrogen-bond acceptors (Lipinski definition) is 3. The van der Waals surface area contributed by atoms with Gasteiger partial charge in [0.1, 0.15) is 0 Å². The van der Waals surface area contributed by atoms with Crippen molar-refractivity contribution in [3.8, 4) is 0 Å². The molecule has 2 aliphatic rings. The second kappa shape index (κ2) is 4.60. The quantitative estimate of drug-likeness (QED) is 0.717. The Kier molecular flexibility index (Phi) is 3.42. The number of hydrogen-bond donors (Lipinski definition) is 1. The number of methoxy groups -OCH3 is 1. The summed E-state index contributed by atoms with van der Waals surface area (Å²) in [7, 11) is 1.81. The van der Waals surface area contributed by atoms with E-state index in [-0.39, 0.29) is 0 Å². The lowest BCUT2D eigenvalue weighted by Gasteiger charge is -2.26. The van der Waals surface area contributed by atoms with E-state index < -0.39 is 0 Å². The Hall–Kier alpha value is -0.120. The second-order valence-corrected chi connectivity index (χ2v) is 4.81. The topological polar surface area (TPSA) is 24.5 Å². The van der Waals surface area contributed by atoms with Gasteiger partial charge < -0.3 is 10.1 Å². The zero-order valence-corrected chi connectivity index (χ0v) is 9.33. The first-order valence-electron chi connectivity index (χ1n) is 5.75. The molecule has 2 aliphatic heterocycles. The van der Waals surface area contributed by atoms with Crippen LogP contribution in [0.4, 0.5) is 0 Å². The zero-order chi connectivity index (χ0) is 9.97. The molecule has 2 rings (SSSR count). The molecule has 0 aromatic carbocycles. The first-order valence-corrected chi connectivity index (χ1v) is 5.75. The molecular weight excluding hydrogens is 176 g/mol. The molecular formula is C11H22N2O. The Balaban J connectivity index is 1.82. The summed E-state index contributed by atoms with van der Waals surface area (Å²) in [6.45, 7) is 8.17. The van der Waals surface area contributed by atoms with Crippen LogP contribution in [0.5, 0.6) is 0 Å². The van der Waals surface area contributed by atoms with Gasteiger partial charge in [0, 0.05) is 26.2 Å². The maximum Gasteiger partial charge on any atom is 0.0503 e. The lowest BCUT2D eigenvalue weighted by molar-refractivity contribution is 0.144. The molecule has 3 nitrogen and oxygen atoms in total. The fraction of sp³-hybridized carbons (Fsp3) is 1.00. The van der Waals surface area contributed by atoms with Gasteiger partial charge in [-0.05, 0) is 31.3 Å². The van der Waals surface area contributed by atoms with Crippen molar-refractivity contribution in [3.05, 3.63) is 0 Å². The minimum atomic E-state index is 0.771. The van der Waals surface area contributed by atoms with Gasteiger partial charge in [0.05, 0.1) is 6.61 Å². The molecule has 1 N–H and O–H groups in total. The van der Waals surface area contributed by atoms with Gasteiger partial charge in [-0.15, -0.1) is 0 Å². The summed E-state index contributed by atoms with van der Waals surface area (Å²) in [5.41, 5.74) is 0. The predicted molar refractivity (Wildman–Crippen MR) is 57.4 cm³/mol. The summed E-state index contributed by atoms with van der Waals surface area (Å²) in [6.07, 6.45) is 1.32. The van der Waals surface area contributed by atoms with E-state index in [1.165, 1.54) is 32.6 Å². The Morgan fingerprint density at radius 2 is 2.29 bits per heavy atom. The number of likely N-dealkylation sites (tertiary alicyclic amines) is 1. The van der Waals surface area contributed by atoms with Crippen LogP contribution in [0.3, 0.4) is 0 Å². The Labute approximate surface area is 86.8 Å². The molecule has 0 radical (unpaired) electrons. The first-order chi connectivity index (χ1) is 6.81. The van der Waals surface area contributed by atoms with E-state index in [1.54, 1.807) is 0 Å². The van der Waals surface area contributed by atoms with E-state index in [1.807, 2.05) is 7.11 Å². The van der Waals surface area contributed by atoms with Crippen molar-refractivity contribution >= 4 is 0 Å². The van der Waals surface area contributed by atoms with E-state index >= 15 is 0 Å². The molecule has 0 saturated carbocycles. The van der Waals surface area contributed by atoms with Gasteiger partial charge in [-0.2, -0.15) is 0 Å². The summed E-state index contributed by atoms with van der Waals surface area (Å²) in [6, 6.07) is 0.775. The third-order valence-electron chi connectivity index (χ3n) is 3.67. The zero-order valence-electron chi connectivity index (χ0n) is 9.33. The van der Waals surface area contributed by atoms with Gasteiger partial charge in [-0.3, -0.25) is 4.90 Å². The molecule has 0 aromatic heterocycles. The summed E-state index contributed by atoms with van der Waals surface area (Å²) in [5.74, 6) is 1.59. The van der Waals surface area contributed by atoms with E-state index in [4.69, 9.17) is 4.74 Å². The molecule has 0 amide bonds. The third kappa shape index (κ3) is 2.10. The summed E-state index contributed by atoms with van der Waals surface area (Å²) >= 11 is 0. The van der Waals surface area contributed by atoms with E-state index in [0.29, 0.717) is 0 Å². The minimum absolute atomic E-state index is 0.771. The van der Waals surface area contributed by atoms with Gasteiger partial charge in [-0.1, -0.05) is 6.92 Å². The minimum Gasteiger partial charge on any atom is -0.384 e. The van der Waals surface area contributed by atoms with Crippen LogP contribution in [0.1, 0.15) is 13.3 Å². The fourth-order valence-corrected chi connectivity index (χ4v) is 2.82. The van der Waals surface area contributed by atoms with E-state index in [2.05, 4.69) is 17.1 Å². The highest BCUT2D eigenvalue weighted by molar-refractivity contribution is 4.90. The molecule has 3 heteroatoms. The predicted octanol–water partition coefficient (Wildman–Crippen LogP) is 0.563. The van der Waals surface area contributed by atoms with Crippen molar-refractivity contribution < 1.29 is 4.74 Å². The maximum absolute atomic E-state index is 5.22. The largest absolute Gasteiger partial charge is 0.384 e. The van der Waals surface area contributed by atoms with Crippen LogP contribution in [0, 0.1) is 11.8 Å². The Morgan fingerprint density at radius 1 is 1.43 bits per heavy atom. The lowest BCUT2D eigenvalue weighted by atomic mass is 10.1. The number of rotatable bonds is 3. The number of nitrogens with one attached hydrogen (secondary N) is 1. The van der Waals surface area contributed by atoms with Crippen LogP contribution >= 0.6 is 0 Å². The van der Waals surface area contributed by atoms with Gasteiger partial charge in [0.15, 0.2) is 0 Å². The van der Waals surface area contributed by atoms with Gasteiger partial charge in [0.25, 0.3) is 0 Å². The normalized spacial score (nSPS) is 39.4.